The maximum Gasteiger partial charge on any atom is 0.165 e. The van der Waals surface area contributed by atoms with Crippen LogP contribution in [-0.2, 0) is 4.74 Å². The Hall–Kier alpha value is -1.96. The van der Waals surface area contributed by atoms with E-state index in [2.05, 4.69) is 20.6 Å². The molecule has 2 aromatic rings. The van der Waals surface area contributed by atoms with Crippen LogP contribution in [0.15, 0.2) is 24.4 Å². The first kappa shape index (κ1) is 21.9. The number of hydrogen-bond donors (Lipinski definition) is 3. The number of nitrogens with two attached hydrogens (primary N) is 1. The number of anilines is 2. The molecule has 32 heavy (non-hydrogen) atoms. The molecule has 3 heterocycles. The van der Waals surface area contributed by atoms with E-state index >= 15 is 0 Å². The number of aromatic nitrogens is 2. The van der Waals surface area contributed by atoms with Crippen LogP contribution in [0.3, 0.4) is 0 Å². The van der Waals surface area contributed by atoms with Gasteiger partial charge in [-0.25, -0.2) is 14.4 Å². The average Bonchev–Trinajstić information content (AvgIpc) is 2.78. The van der Waals surface area contributed by atoms with E-state index in [0.717, 1.165) is 69.7 Å². The zero-order chi connectivity index (χ0) is 22.1. The first-order valence-electron chi connectivity index (χ1n) is 11.7. The molecule has 2 unspecified atom stereocenters. The second kappa shape index (κ2) is 9.12. The van der Waals surface area contributed by atoms with Gasteiger partial charge in [-0.2, -0.15) is 0 Å². The van der Waals surface area contributed by atoms with Crippen LogP contribution in [0.5, 0.6) is 0 Å². The quantitative estimate of drug-likeness (QED) is 0.572. The Morgan fingerprint density at radius 1 is 1.19 bits per heavy atom. The maximum absolute atomic E-state index is 14.6. The van der Waals surface area contributed by atoms with Crippen LogP contribution in [0.2, 0.25) is 5.02 Å². The number of rotatable bonds is 6. The van der Waals surface area contributed by atoms with Crippen LogP contribution in [0, 0.1) is 17.2 Å². The van der Waals surface area contributed by atoms with Gasteiger partial charge in [0, 0.05) is 43.6 Å². The van der Waals surface area contributed by atoms with E-state index < -0.39 is 0 Å². The first-order chi connectivity index (χ1) is 15.5. The fourth-order valence-corrected chi connectivity index (χ4v) is 5.53. The van der Waals surface area contributed by atoms with Crippen molar-refractivity contribution in [3.05, 3.63) is 35.2 Å². The van der Waals surface area contributed by atoms with E-state index in [4.69, 9.17) is 22.1 Å². The highest BCUT2D eigenvalue weighted by atomic mass is 35.5. The van der Waals surface area contributed by atoms with Gasteiger partial charge in [-0.05, 0) is 74.5 Å². The fourth-order valence-electron chi connectivity index (χ4n) is 5.33. The Balaban J connectivity index is 1.32. The van der Waals surface area contributed by atoms with Gasteiger partial charge in [0.25, 0.3) is 0 Å². The third kappa shape index (κ3) is 4.43. The predicted molar refractivity (Wildman–Crippen MR) is 125 cm³/mol. The second-order valence-corrected chi connectivity index (χ2v) is 10.0. The van der Waals surface area contributed by atoms with Crippen LogP contribution >= 0.6 is 11.6 Å². The maximum atomic E-state index is 14.6. The Kier molecular flexibility index (Phi) is 6.23. The molecule has 0 amide bonds. The lowest BCUT2D eigenvalue weighted by Crippen LogP contribution is -2.51. The van der Waals surface area contributed by atoms with Gasteiger partial charge in [-0.3, -0.25) is 0 Å². The second-order valence-electron chi connectivity index (χ2n) is 9.61. The number of fused-ring (bicyclic) bond motifs is 1. The zero-order valence-electron chi connectivity index (χ0n) is 18.2. The minimum atomic E-state index is -0.352. The lowest BCUT2D eigenvalue weighted by Gasteiger charge is -2.52. The number of nitrogens with zero attached hydrogens (tertiary/aromatic N) is 2. The predicted octanol–water partition coefficient (Wildman–Crippen LogP) is 4.85. The lowest BCUT2D eigenvalue weighted by atomic mass is 9.57. The zero-order valence-corrected chi connectivity index (χ0v) is 19.0. The minimum absolute atomic E-state index is 0.205. The van der Waals surface area contributed by atoms with Gasteiger partial charge >= 0.3 is 0 Å². The van der Waals surface area contributed by atoms with Crippen LogP contribution in [0.4, 0.5) is 16.0 Å². The van der Waals surface area contributed by atoms with Crippen molar-refractivity contribution in [2.45, 2.75) is 57.0 Å². The van der Waals surface area contributed by atoms with Crippen molar-refractivity contribution in [1.82, 2.24) is 9.97 Å². The standard InChI is InChI=1S/C24H31ClFN5O/c25-19-12-28-22(30-17-3-1-16(27)2-4-17)11-18(19)21-6-5-20(26)23(31-21)29-14-24-8-7-15(24)13-32-10-9-24/h5-6,11-12,15-17H,1-4,7-10,13-14,27H2,(H,28,30)(H,29,31). The molecule has 5 rings (SSSR count). The summed E-state index contributed by atoms with van der Waals surface area (Å²) < 4.78 is 20.2. The molecule has 0 bridgehead atoms. The number of hydrogen-bond acceptors (Lipinski definition) is 6. The number of pyridine rings is 2. The van der Waals surface area contributed by atoms with E-state index in [1.54, 1.807) is 12.3 Å². The van der Waals surface area contributed by atoms with E-state index in [0.29, 0.717) is 28.7 Å². The molecule has 3 fully saturated rings. The van der Waals surface area contributed by atoms with Crippen molar-refractivity contribution in [3.63, 3.8) is 0 Å². The average molecular weight is 460 g/mol. The Morgan fingerprint density at radius 2 is 2.03 bits per heavy atom. The molecule has 2 atom stereocenters. The van der Waals surface area contributed by atoms with Crippen LogP contribution in [0.25, 0.3) is 11.3 Å². The summed E-state index contributed by atoms with van der Waals surface area (Å²) >= 11 is 6.46. The molecule has 3 aliphatic rings. The highest BCUT2D eigenvalue weighted by molar-refractivity contribution is 6.33. The molecule has 8 heteroatoms. The van der Waals surface area contributed by atoms with Gasteiger partial charge < -0.3 is 21.1 Å². The third-order valence-corrected chi connectivity index (χ3v) is 7.93. The summed E-state index contributed by atoms with van der Waals surface area (Å²) in [5.41, 5.74) is 7.59. The first-order valence-corrected chi connectivity index (χ1v) is 12.1. The molecule has 6 nitrogen and oxygen atoms in total. The summed E-state index contributed by atoms with van der Waals surface area (Å²) in [7, 11) is 0. The summed E-state index contributed by atoms with van der Waals surface area (Å²) in [6.45, 7) is 2.31. The van der Waals surface area contributed by atoms with Crippen molar-refractivity contribution in [2.24, 2.45) is 17.1 Å². The smallest absolute Gasteiger partial charge is 0.165 e. The van der Waals surface area contributed by atoms with E-state index in [9.17, 15) is 4.39 Å². The van der Waals surface area contributed by atoms with Crippen molar-refractivity contribution in [3.8, 4) is 11.3 Å². The monoisotopic (exact) mass is 459 g/mol. The Labute approximate surface area is 193 Å². The summed E-state index contributed by atoms with van der Waals surface area (Å²) in [5, 5.41) is 7.28. The molecular weight excluding hydrogens is 429 g/mol. The molecule has 172 valence electrons. The van der Waals surface area contributed by atoms with Crippen molar-refractivity contribution in [1.29, 1.82) is 0 Å². The third-order valence-electron chi connectivity index (χ3n) is 7.63. The largest absolute Gasteiger partial charge is 0.381 e. The summed E-state index contributed by atoms with van der Waals surface area (Å²) in [6, 6.07) is 5.68. The van der Waals surface area contributed by atoms with Gasteiger partial charge in [-0.1, -0.05) is 11.6 Å². The van der Waals surface area contributed by atoms with Gasteiger partial charge in [0.1, 0.15) is 5.82 Å². The van der Waals surface area contributed by atoms with Crippen molar-refractivity contribution in [2.75, 3.05) is 30.4 Å². The number of nitrogens with one attached hydrogen (secondary N) is 2. The van der Waals surface area contributed by atoms with Crippen molar-refractivity contribution < 1.29 is 9.13 Å². The molecule has 0 spiro atoms. The minimum Gasteiger partial charge on any atom is -0.381 e. The Bertz CT molecular complexity index is 967. The molecule has 2 aromatic heterocycles. The SMILES string of the molecule is NC1CCC(Nc2cc(-c3ccc(F)c(NCC45CCOCC4CC5)n3)c(Cl)cn2)CC1. The summed E-state index contributed by atoms with van der Waals surface area (Å²) in [5.74, 6) is 1.24. The molecule has 0 radical (unpaired) electrons. The number of ether oxygens (including phenoxy) is 1. The number of halogens is 2. The topological polar surface area (TPSA) is 85.1 Å². The van der Waals surface area contributed by atoms with Gasteiger partial charge in [0.2, 0.25) is 0 Å². The highest BCUT2D eigenvalue weighted by Gasteiger charge is 2.48. The van der Waals surface area contributed by atoms with Crippen LogP contribution in [0.1, 0.15) is 44.9 Å². The van der Waals surface area contributed by atoms with E-state index in [-0.39, 0.29) is 17.1 Å². The van der Waals surface area contributed by atoms with Gasteiger partial charge in [0.05, 0.1) is 10.7 Å². The van der Waals surface area contributed by atoms with Crippen molar-refractivity contribution >= 4 is 23.2 Å². The molecule has 1 saturated heterocycles. The van der Waals surface area contributed by atoms with E-state index in [1.165, 1.54) is 12.5 Å². The molecule has 1 aliphatic heterocycles. The molecule has 2 saturated carbocycles. The molecule has 0 aromatic carbocycles. The summed E-state index contributed by atoms with van der Waals surface area (Å²) in [6.07, 6.45) is 9.08. The normalized spacial score (nSPS) is 29.7. The summed E-state index contributed by atoms with van der Waals surface area (Å²) in [4.78, 5) is 9.03. The highest BCUT2D eigenvalue weighted by Crippen LogP contribution is 2.51. The molecule has 2 aliphatic carbocycles. The molecular formula is C24H31ClFN5O. The van der Waals surface area contributed by atoms with Gasteiger partial charge in [0.15, 0.2) is 11.6 Å². The van der Waals surface area contributed by atoms with Gasteiger partial charge in [-0.15, -0.1) is 0 Å². The van der Waals surface area contributed by atoms with Crippen LogP contribution in [-0.4, -0.2) is 41.8 Å². The fraction of sp³-hybridized carbons (Fsp3) is 0.583. The van der Waals surface area contributed by atoms with Crippen LogP contribution < -0.4 is 16.4 Å². The Morgan fingerprint density at radius 3 is 2.78 bits per heavy atom. The molecule has 4 N–H and O–H groups in total. The van der Waals surface area contributed by atoms with E-state index in [1.807, 2.05) is 6.07 Å². The lowest BCUT2D eigenvalue weighted by molar-refractivity contribution is -0.0962.